The summed E-state index contributed by atoms with van der Waals surface area (Å²) in [6.45, 7) is 1.51. The van der Waals surface area contributed by atoms with E-state index >= 15 is 0 Å². The lowest BCUT2D eigenvalue weighted by Gasteiger charge is -2.29. The van der Waals surface area contributed by atoms with Crippen molar-refractivity contribution in [2.75, 3.05) is 7.05 Å². The SMILES string of the molecule is CC(=O)N1C(Cc2ccc(Cl)cc2)C(=O)N(C)C1c1ccccc1. The molecule has 0 aliphatic carbocycles. The first kappa shape index (κ1) is 16.5. The Kier molecular flexibility index (Phi) is 4.58. The van der Waals surface area contributed by atoms with E-state index in [1.165, 1.54) is 6.92 Å². The van der Waals surface area contributed by atoms with Crippen LogP contribution >= 0.6 is 11.6 Å². The summed E-state index contributed by atoms with van der Waals surface area (Å²) in [6.07, 6.45) is 0.108. The van der Waals surface area contributed by atoms with Gasteiger partial charge >= 0.3 is 0 Å². The lowest BCUT2D eigenvalue weighted by Crippen LogP contribution is -2.39. The average molecular weight is 343 g/mol. The van der Waals surface area contributed by atoms with Gasteiger partial charge < -0.3 is 9.80 Å². The summed E-state index contributed by atoms with van der Waals surface area (Å²) in [5.41, 5.74) is 1.91. The molecule has 1 saturated heterocycles. The second kappa shape index (κ2) is 6.65. The van der Waals surface area contributed by atoms with Gasteiger partial charge in [0.2, 0.25) is 11.8 Å². The molecule has 2 atom stereocenters. The first-order chi connectivity index (χ1) is 11.5. The predicted octanol–water partition coefficient (Wildman–Crippen LogP) is 3.27. The predicted molar refractivity (Wildman–Crippen MR) is 93.4 cm³/mol. The Labute approximate surface area is 146 Å². The third-order valence-corrected chi connectivity index (χ3v) is 4.65. The van der Waals surface area contributed by atoms with Crippen LogP contribution < -0.4 is 0 Å². The van der Waals surface area contributed by atoms with Crippen LogP contribution in [-0.4, -0.2) is 34.7 Å². The van der Waals surface area contributed by atoms with Gasteiger partial charge in [0.15, 0.2) is 0 Å². The highest BCUT2D eigenvalue weighted by atomic mass is 35.5. The maximum absolute atomic E-state index is 12.8. The number of halogens is 1. The van der Waals surface area contributed by atoms with Crippen molar-refractivity contribution >= 4 is 23.4 Å². The Morgan fingerprint density at radius 1 is 1.08 bits per heavy atom. The van der Waals surface area contributed by atoms with Crippen LogP contribution in [-0.2, 0) is 16.0 Å². The minimum absolute atomic E-state index is 0.0472. The van der Waals surface area contributed by atoms with E-state index in [2.05, 4.69) is 0 Å². The molecule has 0 radical (unpaired) electrons. The fourth-order valence-electron chi connectivity index (χ4n) is 3.26. The fourth-order valence-corrected chi connectivity index (χ4v) is 3.39. The molecule has 1 heterocycles. The van der Waals surface area contributed by atoms with Gasteiger partial charge in [0.25, 0.3) is 0 Å². The molecule has 1 aliphatic heterocycles. The molecule has 124 valence electrons. The minimum atomic E-state index is -0.501. The van der Waals surface area contributed by atoms with Crippen molar-refractivity contribution in [2.24, 2.45) is 0 Å². The number of hydrogen-bond acceptors (Lipinski definition) is 2. The van der Waals surface area contributed by atoms with E-state index in [0.29, 0.717) is 11.4 Å². The molecule has 2 aromatic carbocycles. The zero-order chi connectivity index (χ0) is 17.3. The molecular formula is C19H19ClN2O2. The van der Waals surface area contributed by atoms with Gasteiger partial charge in [-0.25, -0.2) is 0 Å². The summed E-state index contributed by atoms with van der Waals surface area (Å²) >= 11 is 5.92. The van der Waals surface area contributed by atoms with Crippen LogP contribution in [0.4, 0.5) is 0 Å². The van der Waals surface area contributed by atoms with Gasteiger partial charge in [0, 0.05) is 25.4 Å². The van der Waals surface area contributed by atoms with Gasteiger partial charge in [-0.15, -0.1) is 0 Å². The summed E-state index contributed by atoms with van der Waals surface area (Å²) in [4.78, 5) is 28.4. The quantitative estimate of drug-likeness (QED) is 0.859. The monoisotopic (exact) mass is 342 g/mol. The highest BCUT2D eigenvalue weighted by molar-refractivity contribution is 6.30. The lowest BCUT2D eigenvalue weighted by molar-refractivity contribution is -0.134. The van der Waals surface area contributed by atoms with Crippen molar-refractivity contribution in [3.63, 3.8) is 0 Å². The van der Waals surface area contributed by atoms with Crippen LogP contribution in [0.2, 0.25) is 5.02 Å². The van der Waals surface area contributed by atoms with Crippen LogP contribution in [0, 0.1) is 0 Å². The van der Waals surface area contributed by atoms with Crippen molar-refractivity contribution in [1.29, 1.82) is 0 Å². The van der Waals surface area contributed by atoms with Crippen molar-refractivity contribution < 1.29 is 9.59 Å². The van der Waals surface area contributed by atoms with E-state index in [0.717, 1.165) is 11.1 Å². The van der Waals surface area contributed by atoms with E-state index in [9.17, 15) is 9.59 Å². The first-order valence-corrected chi connectivity index (χ1v) is 8.22. The summed E-state index contributed by atoms with van der Waals surface area (Å²) in [5.74, 6) is -0.158. The number of benzene rings is 2. The number of hydrogen-bond donors (Lipinski definition) is 0. The molecule has 3 rings (SSSR count). The van der Waals surface area contributed by atoms with Crippen molar-refractivity contribution in [3.8, 4) is 0 Å². The number of carbonyl (C=O) groups excluding carboxylic acids is 2. The Hall–Kier alpha value is -2.33. The third-order valence-electron chi connectivity index (χ3n) is 4.40. The molecule has 2 aromatic rings. The van der Waals surface area contributed by atoms with E-state index < -0.39 is 6.04 Å². The summed E-state index contributed by atoms with van der Waals surface area (Å²) in [7, 11) is 1.75. The maximum Gasteiger partial charge on any atom is 0.247 e. The van der Waals surface area contributed by atoms with E-state index in [-0.39, 0.29) is 18.0 Å². The number of carbonyl (C=O) groups is 2. The third kappa shape index (κ3) is 3.02. The van der Waals surface area contributed by atoms with Gasteiger partial charge in [-0.1, -0.05) is 54.1 Å². The molecule has 24 heavy (non-hydrogen) atoms. The van der Waals surface area contributed by atoms with Gasteiger partial charge in [0.1, 0.15) is 12.2 Å². The van der Waals surface area contributed by atoms with E-state index in [4.69, 9.17) is 11.6 Å². The molecule has 2 unspecified atom stereocenters. The van der Waals surface area contributed by atoms with Gasteiger partial charge in [-0.05, 0) is 23.3 Å². The van der Waals surface area contributed by atoms with Gasteiger partial charge in [-0.2, -0.15) is 0 Å². The molecule has 1 aliphatic rings. The molecule has 5 heteroatoms. The fraction of sp³-hybridized carbons (Fsp3) is 0.263. The number of amides is 2. The number of rotatable bonds is 3. The van der Waals surface area contributed by atoms with E-state index in [1.807, 2.05) is 42.5 Å². The van der Waals surface area contributed by atoms with Crippen molar-refractivity contribution in [2.45, 2.75) is 25.6 Å². The van der Waals surface area contributed by atoms with Crippen molar-refractivity contribution in [3.05, 3.63) is 70.7 Å². The van der Waals surface area contributed by atoms with Gasteiger partial charge in [-0.3, -0.25) is 9.59 Å². The first-order valence-electron chi connectivity index (χ1n) is 7.84. The number of nitrogens with zero attached hydrogens (tertiary/aromatic N) is 2. The lowest BCUT2D eigenvalue weighted by atomic mass is 10.0. The van der Waals surface area contributed by atoms with Crippen LogP contribution in [0.25, 0.3) is 0 Å². The second-order valence-corrected chi connectivity index (χ2v) is 6.44. The zero-order valence-corrected chi connectivity index (χ0v) is 14.4. The van der Waals surface area contributed by atoms with E-state index in [1.54, 1.807) is 29.0 Å². The molecule has 0 aromatic heterocycles. The molecule has 0 N–H and O–H groups in total. The molecule has 2 amide bonds. The summed E-state index contributed by atoms with van der Waals surface area (Å²) < 4.78 is 0. The van der Waals surface area contributed by atoms with Gasteiger partial charge in [0.05, 0.1) is 0 Å². The Morgan fingerprint density at radius 2 is 1.71 bits per heavy atom. The van der Waals surface area contributed by atoms with Crippen LogP contribution in [0.5, 0.6) is 0 Å². The molecule has 4 nitrogen and oxygen atoms in total. The second-order valence-electron chi connectivity index (χ2n) is 6.01. The summed E-state index contributed by atoms with van der Waals surface area (Å²) in [6, 6.07) is 16.5. The van der Waals surface area contributed by atoms with Crippen LogP contribution in [0.1, 0.15) is 24.2 Å². The minimum Gasteiger partial charge on any atom is -0.319 e. The molecule has 0 saturated carbocycles. The Morgan fingerprint density at radius 3 is 2.29 bits per heavy atom. The van der Waals surface area contributed by atoms with Crippen LogP contribution in [0.3, 0.4) is 0 Å². The molecule has 0 spiro atoms. The topological polar surface area (TPSA) is 40.6 Å². The Balaban J connectivity index is 1.95. The Bertz CT molecular complexity index is 746. The highest BCUT2D eigenvalue weighted by Crippen LogP contribution is 2.34. The molecule has 1 fully saturated rings. The molecule has 0 bridgehead atoms. The largest absolute Gasteiger partial charge is 0.319 e. The summed E-state index contributed by atoms with van der Waals surface area (Å²) in [5, 5.41) is 0.652. The average Bonchev–Trinajstić information content (AvgIpc) is 2.83. The zero-order valence-electron chi connectivity index (χ0n) is 13.6. The maximum atomic E-state index is 12.8. The highest BCUT2D eigenvalue weighted by Gasteiger charge is 2.46. The smallest absolute Gasteiger partial charge is 0.247 e. The molecular weight excluding hydrogens is 324 g/mol. The van der Waals surface area contributed by atoms with Crippen molar-refractivity contribution in [1.82, 2.24) is 9.80 Å². The standard InChI is InChI=1S/C19H19ClN2O2/c1-13(23)22-17(12-14-8-10-16(20)11-9-14)19(24)21(2)18(22)15-6-4-3-5-7-15/h3-11,17-18H,12H2,1-2H3. The van der Waals surface area contributed by atoms with Crippen LogP contribution in [0.15, 0.2) is 54.6 Å². The number of likely N-dealkylation sites (N-methyl/N-ethyl adjacent to an activating group) is 1. The normalized spacial score (nSPS) is 20.5.